The molecule has 0 fully saturated rings. The summed E-state index contributed by atoms with van der Waals surface area (Å²) in [5.41, 5.74) is 1.27. The maximum atomic E-state index is 4.16. The lowest BCUT2D eigenvalue weighted by molar-refractivity contribution is 0.424. The van der Waals surface area contributed by atoms with Crippen molar-refractivity contribution >= 4 is 15.9 Å². The summed E-state index contributed by atoms with van der Waals surface area (Å²) in [7, 11) is 2.01. The summed E-state index contributed by atoms with van der Waals surface area (Å²) >= 11 is 3.43. The average Bonchev–Trinajstić information content (AvgIpc) is 2.14. The molecular formula is C11H17BrN2. The molecule has 1 heterocycles. The van der Waals surface area contributed by atoms with Crippen LogP contribution in [0.2, 0.25) is 0 Å². The second kappa shape index (κ2) is 5.47. The highest BCUT2D eigenvalue weighted by Gasteiger charge is 2.11. The highest BCUT2D eigenvalue weighted by molar-refractivity contribution is 9.10. The van der Waals surface area contributed by atoms with E-state index in [2.05, 4.69) is 46.1 Å². The van der Waals surface area contributed by atoms with E-state index in [1.807, 2.05) is 19.4 Å². The van der Waals surface area contributed by atoms with Crippen LogP contribution in [0.15, 0.2) is 22.9 Å². The predicted octanol–water partition coefficient (Wildman–Crippen LogP) is 2.63. The Morgan fingerprint density at radius 1 is 1.43 bits per heavy atom. The van der Waals surface area contributed by atoms with Gasteiger partial charge >= 0.3 is 0 Å². The van der Waals surface area contributed by atoms with Crippen LogP contribution in [0.3, 0.4) is 0 Å². The fourth-order valence-electron chi connectivity index (χ4n) is 1.49. The third kappa shape index (κ3) is 3.39. The van der Waals surface area contributed by atoms with E-state index in [0.29, 0.717) is 12.0 Å². The topological polar surface area (TPSA) is 24.9 Å². The van der Waals surface area contributed by atoms with Gasteiger partial charge in [-0.05, 0) is 46.9 Å². The third-order valence-electron chi connectivity index (χ3n) is 2.39. The van der Waals surface area contributed by atoms with Crippen LogP contribution in [0.1, 0.15) is 19.4 Å². The molecule has 14 heavy (non-hydrogen) atoms. The van der Waals surface area contributed by atoms with Gasteiger partial charge in [0.2, 0.25) is 0 Å². The van der Waals surface area contributed by atoms with Gasteiger partial charge < -0.3 is 5.32 Å². The Balaban J connectivity index is 2.67. The molecule has 0 spiro atoms. The maximum absolute atomic E-state index is 4.16. The Morgan fingerprint density at radius 2 is 2.14 bits per heavy atom. The van der Waals surface area contributed by atoms with Gasteiger partial charge in [0.1, 0.15) is 0 Å². The van der Waals surface area contributed by atoms with Crippen molar-refractivity contribution in [3.8, 4) is 0 Å². The number of nitrogens with one attached hydrogen (secondary N) is 1. The van der Waals surface area contributed by atoms with Gasteiger partial charge in [0.05, 0.1) is 0 Å². The van der Waals surface area contributed by atoms with Crippen molar-refractivity contribution in [1.29, 1.82) is 0 Å². The summed E-state index contributed by atoms with van der Waals surface area (Å²) in [6.07, 6.45) is 4.77. The number of hydrogen-bond donors (Lipinski definition) is 1. The SMILES string of the molecule is CNC(Cc1cncc(Br)c1)C(C)C. The molecule has 2 nitrogen and oxygen atoms in total. The second-order valence-corrected chi connectivity index (χ2v) is 4.77. The minimum Gasteiger partial charge on any atom is -0.316 e. The molecule has 0 amide bonds. The number of hydrogen-bond acceptors (Lipinski definition) is 2. The molecule has 0 aliphatic carbocycles. The molecule has 0 bridgehead atoms. The van der Waals surface area contributed by atoms with Crippen LogP contribution in [0.5, 0.6) is 0 Å². The zero-order valence-corrected chi connectivity index (χ0v) is 10.5. The number of halogens is 1. The molecule has 1 atom stereocenters. The van der Waals surface area contributed by atoms with Gasteiger partial charge in [-0.15, -0.1) is 0 Å². The van der Waals surface area contributed by atoms with Crippen molar-refractivity contribution in [2.75, 3.05) is 7.05 Å². The monoisotopic (exact) mass is 256 g/mol. The Hall–Kier alpha value is -0.410. The van der Waals surface area contributed by atoms with E-state index in [0.717, 1.165) is 10.9 Å². The number of aromatic nitrogens is 1. The van der Waals surface area contributed by atoms with Crippen LogP contribution in [-0.2, 0) is 6.42 Å². The van der Waals surface area contributed by atoms with Gasteiger partial charge in [-0.1, -0.05) is 13.8 Å². The van der Waals surface area contributed by atoms with Crippen LogP contribution in [-0.4, -0.2) is 18.1 Å². The molecule has 0 radical (unpaired) electrons. The zero-order valence-electron chi connectivity index (χ0n) is 8.92. The van der Waals surface area contributed by atoms with Crippen molar-refractivity contribution in [3.05, 3.63) is 28.5 Å². The second-order valence-electron chi connectivity index (χ2n) is 3.85. The van der Waals surface area contributed by atoms with E-state index >= 15 is 0 Å². The van der Waals surface area contributed by atoms with Crippen molar-refractivity contribution in [2.24, 2.45) is 5.92 Å². The molecule has 78 valence electrons. The van der Waals surface area contributed by atoms with Gasteiger partial charge in [0, 0.05) is 22.9 Å². The minimum absolute atomic E-state index is 0.520. The Morgan fingerprint density at radius 3 is 2.64 bits per heavy atom. The molecule has 1 aromatic rings. The first-order valence-corrected chi connectivity index (χ1v) is 5.69. The van der Waals surface area contributed by atoms with Crippen molar-refractivity contribution < 1.29 is 0 Å². The summed E-state index contributed by atoms with van der Waals surface area (Å²) in [5, 5.41) is 3.33. The van der Waals surface area contributed by atoms with E-state index < -0.39 is 0 Å². The molecule has 0 aliphatic heterocycles. The molecular weight excluding hydrogens is 240 g/mol. The number of rotatable bonds is 4. The van der Waals surface area contributed by atoms with Gasteiger partial charge in [-0.2, -0.15) is 0 Å². The van der Waals surface area contributed by atoms with Crippen molar-refractivity contribution in [2.45, 2.75) is 26.3 Å². The molecule has 3 heteroatoms. The smallest absolute Gasteiger partial charge is 0.0410 e. The molecule has 0 aliphatic rings. The number of likely N-dealkylation sites (N-methyl/N-ethyl adjacent to an activating group) is 1. The van der Waals surface area contributed by atoms with Crippen LogP contribution in [0.25, 0.3) is 0 Å². The highest BCUT2D eigenvalue weighted by Crippen LogP contribution is 2.13. The molecule has 0 saturated carbocycles. The fourth-order valence-corrected chi connectivity index (χ4v) is 1.90. The van der Waals surface area contributed by atoms with Gasteiger partial charge in [0.15, 0.2) is 0 Å². The van der Waals surface area contributed by atoms with Crippen LogP contribution in [0, 0.1) is 5.92 Å². The number of pyridine rings is 1. The summed E-state index contributed by atoms with van der Waals surface area (Å²) < 4.78 is 1.05. The lowest BCUT2D eigenvalue weighted by atomic mass is 9.98. The van der Waals surface area contributed by atoms with E-state index in [1.54, 1.807) is 0 Å². The van der Waals surface area contributed by atoms with E-state index in [1.165, 1.54) is 5.56 Å². The molecule has 0 saturated heterocycles. The maximum Gasteiger partial charge on any atom is 0.0410 e. The summed E-state index contributed by atoms with van der Waals surface area (Å²) in [6, 6.07) is 2.64. The normalized spacial score (nSPS) is 13.2. The first-order valence-electron chi connectivity index (χ1n) is 4.90. The van der Waals surface area contributed by atoms with Crippen molar-refractivity contribution in [3.63, 3.8) is 0 Å². The lowest BCUT2D eigenvalue weighted by Gasteiger charge is -2.19. The van der Waals surface area contributed by atoms with Crippen LogP contribution in [0.4, 0.5) is 0 Å². The minimum atomic E-state index is 0.520. The zero-order chi connectivity index (χ0) is 10.6. The highest BCUT2D eigenvalue weighted by atomic mass is 79.9. The van der Waals surface area contributed by atoms with Crippen LogP contribution >= 0.6 is 15.9 Å². The molecule has 1 unspecified atom stereocenters. The van der Waals surface area contributed by atoms with E-state index in [9.17, 15) is 0 Å². The van der Waals surface area contributed by atoms with E-state index in [-0.39, 0.29) is 0 Å². The van der Waals surface area contributed by atoms with Gasteiger partial charge in [0.25, 0.3) is 0 Å². The average molecular weight is 257 g/mol. The molecule has 1 N–H and O–H groups in total. The standard InChI is InChI=1S/C11H17BrN2/c1-8(2)11(13-3)5-9-4-10(12)7-14-6-9/h4,6-8,11,13H,5H2,1-3H3. The quantitative estimate of drug-likeness (QED) is 0.896. The van der Waals surface area contributed by atoms with Gasteiger partial charge in [-0.3, -0.25) is 4.98 Å². The Kier molecular flexibility index (Phi) is 4.55. The number of nitrogens with zero attached hydrogens (tertiary/aromatic N) is 1. The summed E-state index contributed by atoms with van der Waals surface area (Å²) in [4.78, 5) is 4.16. The Labute approximate surface area is 94.3 Å². The van der Waals surface area contributed by atoms with Crippen LogP contribution < -0.4 is 5.32 Å². The van der Waals surface area contributed by atoms with Crippen molar-refractivity contribution in [1.82, 2.24) is 10.3 Å². The van der Waals surface area contributed by atoms with E-state index in [4.69, 9.17) is 0 Å². The van der Waals surface area contributed by atoms with Gasteiger partial charge in [-0.25, -0.2) is 0 Å². The molecule has 1 aromatic heterocycles. The molecule has 1 rings (SSSR count). The third-order valence-corrected chi connectivity index (χ3v) is 2.83. The predicted molar refractivity (Wildman–Crippen MR) is 63.3 cm³/mol. The summed E-state index contributed by atoms with van der Waals surface area (Å²) in [6.45, 7) is 4.46. The lowest BCUT2D eigenvalue weighted by Crippen LogP contribution is -2.32. The molecule has 0 aromatic carbocycles. The summed E-state index contributed by atoms with van der Waals surface area (Å²) in [5.74, 6) is 0.638. The fraction of sp³-hybridized carbons (Fsp3) is 0.545. The largest absolute Gasteiger partial charge is 0.316 e. The first kappa shape index (κ1) is 11.7. The first-order chi connectivity index (χ1) is 6.63. The Bertz CT molecular complexity index is 286.